The molecule has 1 fully saturated rings. The van der Waals surface area contributed by atoms with Crippen LogP contribution < -0.4 is 5.32 Å². The van der Waals surface area contributed by atoms with Crippen molar-refractivity contribution < 1.29 is 4.79 Å². The fourth-order valence-electron chi connectivity index (χ4n) is 2.78. The number of hydrogen-bond donors (Lipinski definition) is 1. The number of nitrogens with zero attached hydrogens (tertiary/aromatic N) is 1. The third-order valence-corrected chi connectivity index (χ3v) is 3.80. The van der Waals surface area contributed by atoms with Gasteiger partial charge in [0.2, 0.25) is 0 Å². The van der Waals surface area contributed by atoms with E-state index < -0.39 is 0 Å². The standard InChI is InChI=1S/C14H24N2O/c1-12-5-4-10-16(11-12)14(17)15-9-8-13-6-2-3-7-13/h6,12H,2-5,7-11H2,1H3,(H,15,17). The van der Waals surface area contributed by atoms with Crippen LogP contribution >= 0.6 is 0 Å². The fourth-order valence-corrected chi connectivity index (χ4v) is 2.78. The normalized spacial score (nSPS) is 24.6. The van der Waals surface area contributed by atoms with Gasteiger partial charge in [-0.15, -0.1) is 0 Å². The van der Waals surface area contributed by atoms with Crippen molar-refractivity contribution in [3.63, 3.8) is 0 Å². The van der Waals surface area contributed by atoms with Gasteiger partial charge in [-0.05, 0) is 44.4 Å². The number of carbonyl (C=O) groups is 1. The molecule has 1 N–H and O–H groups in total. The summed E-state index contributed by atoms with van der Waals surface area (Å²) >= 11 is 0. The molecule has 96 valence electrons. The Morgan fingerprint density at radius 2 is 2.41 bits per heavy atom. The van der Waals surface area contributed by atoms with Gasteiger partial charge in [0, 0.05) is 19.6 Å². The zero-order valence-corrected chi connectivity index (χ0v) is 10.9. The number of amides is 2. The molecule has 3 heteroatoms. The second-order valence-corrected chi connectivity index (χ2v) is 5.43. The van der Waals surface area contributed by atoms with E-state index in [1.54, 1.807) is 0 Å². The number of urea groups is 1. The highest BCUT2D eigenvalue weighted by atomic mass is 16.2. The van der Waals surface area contributed by atoms with Crippen LogP contribution in [0, 0.1) is 5.92 Å². The number of carbonyl (C=O) groups excluding carboxylic acids is 1. The molecule has 1 atom stereocenters. The Balaban J connectivity index is 1.66. The van der Waals surface area contributed by atoms with Crippen molar-refractivity contribution >= 4 is 6.03 Å². The molecule has 1 saturated heterocycles. The summed E-state index contributed by atoms with van der Waals surface area (Å²) in [6.45, 7) is 4.88. The van der Waals surface area contributed by atoms with Gasteiger partial charge in [-0.2, -0.15) is 0 Å². The first-order valence-corrected chi connectivity index (χ1v) is 6.96. The maximum Gasteiger partial charge on any atom is 0.317 e. The summed E-state index contributed by atoms with van der Waals surface area (Å²) in [7, 11) is 0. The molecule has 0 aromatic rings. The average Bonchev–Trinajstić information content (AvgIpc) is 2.82. The lowest BCUT2D eigenvalue weighted by atomic mass is 10.0. The summed E-state index contributed by atoms with van der Waals surface area (Å²) < 4.78 is 0. The van der Waals surface area contributed by atoms with Crippen LogP contribution in [0.3, 0.4) is 0 Å². The van der Waals surface area contributed by atoms with E-state index in [4.69, 9.17) is 0 Å². The first-order valence-electron chi connectivity index (χ1n) is 6.96. The molecule has 2 rings (SSSR count). The smallest absolute Gasteiger partial charge is 0.317 e. The number of nitrogens with one attached hydrogen (secondary N) is 1. The van der Waals surface area contributed by atoms with Gasteiger partial charge in [0.1, 0.15) is 0 Å². The van der Waals surface area contributed by atoms with Crippen LogP contribution in [0.5, 0.6) is 0 Å². The fraction of sp³-hybridized carbons (Fsp3) is 0.786. The summed E-state index contributed by atoms with van der Waals surface area (Å²) in [5.74, 6) is 0.659. The lowest BCUT2D eigenvalue weighted by molar-refractivity contribution is 0.170. The van der Waals surface area contributed by atoms with Gasteiger partial charge < -0.3 is 10.2 Å². The maximum absolute atomic E-state index is 11.9. The first-order chi connectivity index (χ1) is 8.25. The van der Waals surface area contributed by atoms with Crippen LogP contribution in [-0.4, -0.2) is 30.6 Å². The third-order valence-electron chi connectivity index (χ3n) is 3.80. The molecule has 0 saturated carbocycles. The summed E-state index contributed by atoms with van der Waals surface area (Å²) in [5, 5.41) is 3.05. The Morgan fingerprint density at radius 1 is 1.53 bits per heavy atom. The van der Waals surface area contributed by atoms with Crippen LogP contribution in [-0.2, 0) is 0 Å². The zero-order valence-electron chi connectivity index (χ0n) is 10.9. The Labute approximate surface area is 104 Å². The Hall–Kier alpha value is -0.990. The lowest BCUT2D eigenvalue weighted by Crippen LogP contribution is -2.45. The van der Waals surface area contributed by atoms with Gasteiger partial charge in [-0.25, -0.2) is 4.79 Å². The topological polar surface area (TPSA) is 32.3 Å². The van der Waals surface area contributed by atoms with Crippen molar-refractivity contribution in [3.05, 3.63) is 11.6 Å². The molecule has 0 spiro atoms. The van der Waals surface area contributed by atoms with Crippen molar-refractivity contribution in [2.75, 3.05) is 19.6 Å². The number of hydrogen-bond acceptors (Lipinski definition) is 1. The summed E-state index contributed by atoms with van der Waals surface area (Å²) in [4.78, 5) is 13.9. The van der Waals surface area contributed by atoms with E-state index in [9.17, 15) is 4.79 Å². The molecular weight excluding hydrogens is 212 g/mol. The van der Waals surface area contributed by atoms with Crippen molar-refractivity contribution in [3.8, 4) is 0 Å². The highest BCUT2D eigenvalue weighted by Gasteiger charge is 2.20. The molecule has 3 nitrogen and oxygen atoms in total. The summed E-state index contributed by atoms with van der Waals surface area (Å²) in [6.07, 6.45) is 9.54. The molecule has 0 radical (unpaired) electrons. The van der Waals surface area contributed by atoms with Crippen LogP contribution in [0.1, 0.15) is 45.4 Å². The Kier molecular flexibility index (Phi) is 4.46. The van der Waals surface area contributed by atoms with Gasteiger partial charge in [0.05, 0.1) is 0 Å². The zero-order chi connectivity index (χ0) is 12.1. The minimum Gasteiger partial charge on any atom is -0.338 e. The van der Waals surface area contributed by atoms with Gasteiger partial charge in [-0.1, -0.05) is 18.6 Å². The quantitative estimate of drug-likeness (QED) is 0.751. The monoisotopic (exact) mass is 236 g/mol. The number of likely N-dealkylation sites (tertiary alicyclic amines) is 1. The molecule has 17 heavy (non-hydrogen) atoms. The number of allylic oxidation sites excluding steroid dienone is 1. The third kappa shape index (κ3) is 3.76. The summed E-state index contributed by atoms with van der Waals surface area (Å²) in [6, 6.07) is 0.134. The van der Waals surface area contributed by atoms with E-state index >= 15 is 0 Å². The molecule has 0 aromatic heterocycles. The Bertz CT molecular complexity index is 299. The van der Waals surface area contributed by atoms with E-state index in [-0.39, 0.29) is 6.03 Å². The molecule has 1 unspecified atom stereocenters. The van der Waals surface area contributed by atoms with Crippen LogP contribution in [0.25, 0.3) is 0 Å². The number of rotatable bonds is 3. The second-order valence-electron chi connectivity index (χ2n) is 5.43. The summed E-state index contributed by atoms with van der Waals surface area (Å²) in [5.41, 5.74) is 1.53. The predicted octanol–water partition coefficient (Wildman–Crippen LogP) is 2.93. The minimum absolute atomic E-state index is 0.134. The molecule has 1 aliphatic carbocycles. The van der Waals surface area contributed by atoms with E-state index in [0.29, 0.717) is 5.92 Å². The van der Waals surface area contributed by atoms with E-state index in [2.05, 4.69) is 18.3 Å². The maximum atomic E-state index is 11.9. The minimum atomic E-state index is 0.134. The van der Waals surface area contributed by atoms with Gasteiger partial charge in [0.15, 0.2) is 0 Å². The van der Waals surface area contributed by atoms with E-state index in [1.165, 1.54) is 31.3 Å². The highest BCUT2D eigenvalue weighted by Crippen LogP contribution is 2.20. The van der Waals surface area contributed by atoms with Crippen molar-refractivity contribution in [2.24, 2.45) is 5.92 Å². The van der Waals surface area contributed by atoms with Crippen LogP contribution in [0.2, 0.25) is 0 Å². The highest BCUT2D eigenvalue weighted by molar-refractivity contribution is 5.74. The van der Waals surface area contributed by atoms with Gasteiger partial charge in [-0.3, -0.25) is 0 Å². The van der Waals surface area contributed by atoms with Crippen molar-refractivity contribution in [1.82, 2.24) is 10.2 Å². The molecule has 2 amide bonds. The second kappa shape index (κ2) is 6.08. The largest absolute Gasteiger partial charge is 0.338 e. The van der Waals surface area contributed by atoms with Gasteiger partial charge in [0.25, 0.3) is 0 Å². The molecular formula is C14H24N2O. The van der Waals surface area contributed by atoms with Crippen molar-refractivity contribution in [2.45, 2.75) is 45.4 Å². The van der Waals surface area contributed by atoms with E-state index in [1.807, 2.05) is 4.90 Å². The molecule has 0 aromatic carbocycles. The molecule has 1 aliphatic heterocycles. The van der Waals surface area contributed by atoms with Crippen LogP contribution in [0.4, 0.5) is 4.79 Å². The van der Waals surface area contributed by atoms with Crippen LogP contribution in [0.15, 0.2) is 11.6 Å². The molecule has 1 heterocycles. The van der Waals surface area contributed by atoms with Crippen molar-refractivity contribution in [1.29, 1.82) is 0 Å². The lowest BCUT2D eigenvalue weighted by Gasteiger charge is -2.30. The average molecular weight is 236 g/mol. The predicted molar refractivity (Wildman–Crippen MR) is 69.9 cm³/mol. The number of piperidine rings is 1. The van der Waals surface area contributed by atoms with Gasteiger partial charge >= 0.3 is 6.03 Å². The molecule has 2 aliphatic rings. The first kappa shape index (κ1) is 12.5. The Morgan fingerprint density at radius 3 is 3.12 bits per heavy atom. The van der Waals surface area contributed by atoms with E-state index in [0.717, 1.165) is 32.5 Å². The SMILES string of the molecule is CC1CCCN(C(=O)NCCC2=CCCC2)C1. The molecule has 0 bridgehead atoms.